The van der Waals surface area contributed by atoms with E-state index >= 15 is 0 Å². The predicted molar refractivity (Wildman–Crippen MR) is 71.1 cm³/mol. The van der Waals surface area contributed by atoms with Crippen LogP contribution in [0, 0.1) is 11.7 Å². The van der Waals surface area contributed by atoms with Gasteiger partial charge in [-0.15, -0.1) is 0 Å². The van der Waals surface area contributed by atoms with Gasteiger partial charge in [-0.3, -0.25) is 4.90 Å². The Bertz CT molecular complexity index is 397. The third-order valence-corrected chi connectivity index (χ3v) is 3.99. The molecule has 0 bridgehead atoms. The number of aliphatic hydroxyl groups is 1. The molecule has 1 aromatic carbocycles. The van der Waals surface area contributed by atoms with E-state index in [0.29, 0.717) is 12.5 Å². The van der Waals surface area contributed by atoms with Gasteiger partial charge in [0.05, 0.1) is 5.02 Å². The molecular weight excluding hydrogens is 253 g/mol. The number of aliphatic hydroxyl groups excluding tert-OH is 1. The van der Waals surface area contributed by atoms with Crippen LogP contribution in [0.2, 0.25) is 5.02 Å². The lowest BCUT2D eigenvalue weighted by Crippen LogP contribution is -2.35. The molecule has 0 aliphatic carbocycles. The summed E-state index contributed by atoms with van der Waals surface area (Å²) in [4.78, 5) is 2.30. The minimum atomic E-state index is -0.349. The smallest absolute Gasteiger partial charge is 0.142 e. The highest BCUT2D eigenvalue weighted by Crippen LogP contribution is 2.25. The summed E-state index contributed by atoms with van der Waals surface area (Å²) >= 11 is 5.97. The van der Waals surface area contributed by atoms with Crippen LogP contribution in [0.25, 0.3) is 0 Å². The van der Waals surface area contributed by atoms with Crippen LogP contribution in [0.1, 0.15) is 24.8 Å². The van der Waals surface area contributed by atoms with Gasteiger partial charge in [-0.25, -0.2) is 4.39 Å². The molecule has 4 heteroatoms. The zero-order valence-corrected chi connectivity index (χ0v) is 11.2. The lowest BCUT2D eigenvalue weighted by atomic mass is 9.95. The van der Waals surface area contributed by atoms with E-state index in [9.17, 15) is 4.39 Å². The van der Waals surface area contributed by atoms with Gasteiger partial charge in [0.15, 0.2) is 0 Å². The fourth-order valence-electron chi connectivity index (χ4n) is 2.62. The molecule has 1 N–H and O–H groups in total. The number of piperidine rings is 1. The van der Waals surface area contributed by atoms with Gasteiger partial charge < -0.3 is 5.11 Å². The van der Waals surface area contributed by atoms with E-state index in [2.05, 4.69) is 4.90 Å². The molecule has 0 aromatic heterocycles. The van der Waals surface area contributed by atoms with Crippen LogP contribution < -0.4 is 0 Å². The minimum absolute atomic E-state index is 0.238. The van der Waals surface area contributed by atoms with Gasteiger partial charge in [0.25, 0.3) is 0 Å². The number of hydrogen-bond acceptors (Lipinski definition) is 2. The Balaban J connectivity index is 1.98. The minimum Gasteiger partial charge on any atom is -0.396 e. The molecule has 2 rings (SSSR count). The molecule has 0 spiro atoms. The van der Waals surface area contributed by atoms with Crippen molar-refractivity contribution in [2.24, 2.45) is 5.92 Å². The maximum atomic E-state index is 13.3. The molecule has 1 unspecified atom stereocenters. The third-order valence-electron chi connectivity index (χ3n) is 3.57. The van der Waals surface area contributed by atoms with Crippen molar-refractivity contribution in [1.29, 1.82) is 0 Å². The lowest BCUT2D eigenvalue weighted by molar-refractivity contribution is 0.142. The zero-order valence-electron chi connectivity index (χ0n) is 10.4. The first-order valence-electron chi connectivity index (χ1n) is 6.47. The first-order valence-corrected chi connectivity index (χ1v) is 6.84. The van der Waals surface area contributed by atoms with Crippen molar-refractivity contribution in [3.8, 4) is 0 Å². The van der Waals surface area contributed by atoms with Crippen molar-refractivity contribution in [3.63, 3.8) is 0 Å². The second kappa shape index (κ2) is 6.50. The topological polar surface area (TPSA) is 23.5 Å². The molecule has 2 nitrogen and oxygen atoms in total. The number of likely N-dealkylation sites (tertiary alicyclic amines) is 1. The van der Waals surface area contributed by atoms with E-state index in [1.165, 1.54) is 12.5 Å². The summed E-state index contributed by atoms with van der Waals surface area (Å²) in [7, 11) is 0. The van der Waals surface area contributed by atoms with Crippen LogP contribution in [0.4, 0.5) is 4.39 Å². The number of hydrogen-bond donors (Lipinski definition) is 1. The second-order valence-electron chi connectivity index (χ2n) is 4.97. The Labute approximate surface area is 112 Å². The largest absolute Gasteiger partial charge is 0.396 e. The van der Waals surface area contributed by atoms with Crippen LogP contribution in [-0.4, -0.2) is 29.7 Å². The molecule has 1 atom stereocenters. The standard InChI is InChI=1S/C14H19ClFNO/c15-14-12(4-1-5-13(14)16)10-17-7-2-3-11(9-17)6-8-18/h1,4-5,11,18H,2-3,6-10H2. The van der Waals surface area contributed by atoms with Gasteiger partial charge in [0.2, 0.25) is 0 Å². The SMILES string of the molecule is OCCC1CCCN(Cc2cccc(F)c2Cl)C1. The molecule has 100 valence electrons. The van der Waals surface area contributed by atoms with Gasteiger partial charge in [-0.05, 0) is 43.4 Å². The number of benzene rings is 1. The maximum Gasteiger partial charge on any atom is 0.142 e. The molecule has 1 saturated heterocycles. The Kier molecular flexibility index (Phi) is 4.98. The molecule has 18 heavy (non-hydrogen) atoms. The van der Waals surface area contributed by atoms with Crippen LogP contribution in [0.15, 0.2) is 18.2 Å². The van der Waals surface area contributed by atoms with Crippen LogP contribution in [-0.2, 0) is 6.54 Å². The quantitative estimate of drug-likeness (QED) is 0.910. The molecule has 1 aliphatic heterocycles. The van der Waals surface area contributed by atoms with Gasteiger partial charge in [0, 0.05) is 19.7 Å². The predicted octanol–water partition coefficient (Wildman–Crippen LogP) is 3.07. The van der Waals surface area contributed by atoms with E-state index in [4.69, 9.17) is 16.7 Å². The number of rotatable bonds is 4. The van der Waals surface area contributed by atoms with Gasteiger partial charge in [0.1, 0.15) is 5.82 Å². The highest BCUT2D eigenvalue weighted by Gasteiger charge is 2.20. The number of halogens is 2. The molecule has 1 aromatic rings. The van der Waals surface area contributed by atoms with E-state index in [1.54, 1.807) is 6.07 Å². The Hall–Kier alpha value is -0.640. The molecular formula is C14H19ClFNO. The summed E-state index contributed by atoms with van der Waals surface area (Å²) < 4.78 is 13.3. The number of nitrogens with zero attached hydrogens (tertiary/aromatic N) is 1. The molecule has 0 radical (unpaired) electrons. The van der Waals surface area contributed by atoms with Crippen molar-refractivity contribution in [2.75, 3.05) is 19.7 Å². The zero-order chi connectivity index (χ0) is 13.0. The van der Waals surface area contributed by atoms with Gasteiger partial charge in [-0.2, -0.15) is 0 Å². The summed E-state index contributed by atoms with van der Waals surface area (Å²) in [6.45, 7) is 2.93. The van der Waals surface area contributed by atoms with Crippen molar-refractivity contribution >= 4 is 11.6 Å². The van der Waals surface area contributed by atoms with E-state index < -0.39 is 0 Å². The van der Waals surface area contributed by atoms with E-state index in [0.717, 1.165) is 31.5 Å². The first-order chi connectivity index (χ1) is 8.70. The van der Waals surface area contributed by atoms with Crippen molar-refractivity contribution in [2.45, 2.75) is 25.8 Å². The van der Waals surface area contributed by atoms with E-state index in [1.807, 2.05) is 6.07 Å². The highest BCUT2D eigenvalue weighted by atomic mass is 35.5. The normalized spacial score (nSPS) is 21.2. The Morgan fingerprint density at radius 2 is 2.28 bits per heavy atom. The van der Waals surface area contributed by atoms with Crippen molar-refractivity contribution < 1.29 is 9.50 Å². The van der Waals surface area contributed by atoms with E-state index in [-0.39, 0.29) is 17.4 Å². The summed E-state index contributed by atoms with van der Waals surface area (Å²) in [6, 6.07) is 4.96. The molecule has 1 heterocycles. The first kappa shape index (κ1) is 13.8. The van der Waals surface area contributed by atoms with Crippen molar-refractivity contribution in [3.05, 3.63) is 34.6 Å². The lowest BCUT2D eigenvalue weighted by Gasteiger charge is -2.32. The average molecular weight is 272 g/mol. The molecule has 0 amide bonds. The summed E-state index contributed by atoms with van der Waals surface area (Å²) in [5.74, 6) is 0.203. The second-order valence-corrected chi connectivity index (χ2v) is 5.35. The maximum absolute atomic E-state index is 13.3. The average Bonchev–Trinajstić information content (AvgIpc) is 2.36. The van der Waals surface area contributed by atoms with Crippen LogP contribution in [0.5, 0.6) is 0 Å². The van der Waals surface area contributed by atoms with Crippen LogP contribution >= 0.6 is 11.6 Å². The Morgan fingerprint density at radius 1 is 1.44 bits per heavy atom. The third kappa shape index (κ3) is 3.44. The summed E-state index contributed by atoms with van der Waals surface area (Å²) in [5.41, 5.74) is 0.848. The van der Waals surface area contributed by atoms with Gasteiger partial charge >= 0.3 is 0 Å². The molecule has 1 aliphatic rings. The summed E-state index contributed by atoms with van der Waals surface area (Å²) in [6.07, 6.45) is 3.17. The van der Waals surface area contributed by atoms with Crippen molar-refractivity contribution in [1.82, 2.24) is 4.90 Å². The highest BCUT2D eigenvalue weighted by molar-refractivity contribution is 6.31. The van der Waals surface area contributed by atoms with Crippen LogP contribution in [0.3, 0.4) is 0 Å². The Morgan fingerprint density at radius 3 is 3.06 bits per heavy atom. The fourth-order valence-corrected chi connectivity index (χ4v) is 2.81. The molecule has 1 fully saturated rings. The fraction of sp³-hybridized carbons (Fsp3) is 0.571. The monoisotopic (exact) mass is 271 g/mol. The molecule has 0 saturated carbocycles. The van der Waals surface area contributed by atoms with Gasteiger partial charge in [-0.1, -0.05) is 23.7 Å². The summed E-state index contributed by atoms with van der Waals surface area (Å²) in [5, 5.41) is 9.22.